The first-order chi connectivity index (χ1) is 10.7. The molecule has 0 radical (unpaired) electrons. The van der Waals surface area contributed by atoms with Crippen LogP contribution in [0.3, 0.4) is 0 Å². The molecule has 0 bridgehead atoms. The van der Waals surface area contributed by atoms with Gasteiger partial charge in [-0.3, -0.25) is 4.79 Å². The van der Waals surface area contributed by atoms with E-state index < -0.39 is 0 Å². The number of benzene rings is 2. The average molecular weight is 289 g/mol. The van der Waals surface area contributed by atoms with E-state index >= 15 is 0 Å². The Kier molecular flexibility index (Phi) is 3.97. The fourth-order valence-corrected chi connectivity index (χ4v) is 2.34. The van der Waals surface area contributed by atoms with E-state index in [1.807, 2.05) is 60.2 Å². The summed E-state index contributed by atoms with van der Waals surface area (Å²) in [7, 11) is 1.97. The van der Waals surface area contributed by atoms with E-state index in [4.69, 9.17) is 0 Å². The minimum absolute atomic E-state index is 0.139. The number of aryl methyl sites for hydroxylation is 1. The van der Waals surface area contributed by atoms with Gasteiger partial charge < -0.3 is 5.32 Å². The Balaban J connectivity index is 1.80. The minimum atomic E-state index is -0.139. The van der Waals surface area contributed by atoms with Crippen LogP contribution in [0.1, 0.15) is 5.69 Å². The summed E-state index contributed by atoms with van der Waals surface area (Å²) in [5.41, 5.74) is 1.77. The van der Waals surface area contributed by atoms with E-state index in [2.05, 4.69) is 29.7 Å². The number of rotatable bonds is 3. The Hall–Kier alpha value is -2.94. The molecule has 22 heavy (non-hydrogen) atoms. The number of carbonyl (C=O) groups excluding carboxylic acids is 1. The summed E-state index contributed by atoms with van der Waals surface area (Å²) in [6.45, 7) is 0. The van der Waals surface area contributed by atoms with Gasteiger partial charge in [-0.1, -0.05) is 36.4 Å². The minimum Gasteiger partial charge on any atom is -0.323 e. The fourth-order valence-electron chi connectivity index (χ4n) is 2.34. The van der Waals surface area contributed by atoms with Crippen molar-refractivity contribution in [1.82, 2.24) is 0 Å². The summed E-state index contributed by atoms with van der Waals surface area (Å²) in [5.74, 6) is -0.139. The molecule has 0 spiro atoms. The molecule has 3 rings (SSSR count). The lowest BCUT2D eigenvalue weighted by Crippen LogP contribution is -2.31. The second-order valence-corrected chi connectivity index (χ2v) is 5.13. The molecule has 1 N–H and O–H groups in total. The third-order valence-corrected chi connectivity index (χ3v) is 3.49. The number of nitrogens with one attached hydrogen (secondary N) is 1. The van der Waals surface area contributed by atoms with Crippen molar-refractivity contribution in [2.75, 3.05) is 5.32 Å². The first-order valence-electron chi connectivity index (χ1n) is 7.15. The lowest BCUT2D eigenvalue weighted by Gasteiger charge is -2.01. The van der Waals surface area contributed by atoms with Crippen molar-refractivity contribution in [3.8, 4) is 0 Å². The summed E-state index contributed by atoms with van der Waals surface area (Å²) >= 11 is 0. The third-order valence-electron chi connectivity index (χ3n) is 3.49. The largest absolute Gasteiger partial charge is 0.323 e. The quantitative estimate of drug-likeness (QED) is 0.582. The molecule has 0 aliphatic carbocycles. The first kappa shape index (κ1) is 14.0. The van der Waals surface area contributed by atoms with Crippen LogP contribution in [-0.4, -0.2) is 5.91 Å². The van der Waals surface area contributed by atoms with Gasteiger partial charge in [0.05, 0.1) is 0 Å². The average Bonchev–Trinajstić information content (AvgIpc) is 2.54. The molecule has 0 unspecified atom stereocenters. The number of hydrogen-bond acceptors (Lipinski definition) is 1. The fraction of sp³-hybridized carbons (Fsp3) is 0.0526. The highest BCUT2D eigenvalue weighted by Crippen LogP contribution is 2.13. The van der Waals surface area contributed by atoms with Crippen LogP contribution in [0.2, 0.25) is 0 Å². The van der Waals surface area contributed by atoms with Gasteiger partial charge in [0.1, 0.15) is 7.05 Å². The van der Waals surface area contributed by atoms with Gasteiger partial charge in [0.2, 0.25) is 11.6 Å². The van der Waals surface area contributed by atoms with Crippen molar-refractivity contribution >= 4 is 28.4 Å². The van der Waals surface area contributed by atoms with Crippen molar-refractivity contribution in [2.24, 2.45) is 7.05 Å². The number of para-hydroxylation sites is 1. The van der Waals surface area contributed by atoms with Crippen LogP contribution in [-0.2, 0) is 11.8 Å². The van der Waals surface area contributed by atoms with Crippen LogP contribution in [0.4, 0.5) is 5.69 Å². The lowest BCUT2D eigenvalue weighted by atomic mass is 10.1. The highest BCUT2D eigenvalue weighted by atomic mass is 16.1. The monoisotopic (exact) mass is 289 g/mol. The summed E-state index contributed by atoms with van der Waals surface area (Å²) in [5, 5.41) is 5.17. The SMILES string of the molecule is C[n+]1cc2ccccc2cc1C=CC(=O)Nc1ccccc1. The van der Waals surface area contributed by atoms with Gasteiger partial charge >= 0.3 is 0 Å². The number of aromatic nitrogens is 1. The summed E-state index contributed by atoms with van der Waals surface area (Å²) in [6, 6.07) is 19.7. The summed E-state index contributed by atoms with van der Waals surface area (Å²) < 4.78 is 2.01. The van der Waals surface area contributed by atoms with Crippen LogP contribution < -0.4 is 9.88 Å². The molecule has 0 saturated carbocycles. The number of anilines is 1. The van der Waals surface area contributed by atoms with Crippen molar-refractivity contribution in [3.05, 3.63) is 78.6 Å². The Morgan fingerprint density at radius 1 is 1.00 bits per heavy atom. The van der Waals surface area contributed by atoms with E-state index in [-0.39, 0.29) is 5.91 Å². The molecule has 0 aliphatic rings. The molecule has 2 aromatic carbocycles. The molecule has 3 heteroatoms. The molecule has 0 atom stereocenters. The predicted molar refractivity (Wildman–Crippen MR) is 89.2 cm³/mol. The summed E-state index contributed by atoms with van der Waals surface area (Å²) in [6.07, 6.45) is 5.44. The van der Waals surface area contributed by atoms with Crippen molar-refractivity contribution in [3.63, 3.8) is 0 Å². The normalized spacial score (nSPS) is 11.0. The molecule has 0 aliphatic heterocycles. The third kappa shape index (κ3) is 3.20. The van der Waals surface area contributed by atoms with Gasteiger partial charge in [0.25, 0.3) is 0 Å². The zero-order chi connectivity index (χ0) is 15.4. The molecule has 0 saturated heterocycles. The Labute approximate surface area is 129 Å². The van der Waals surface area contributed by atoms with E-state index in [9.17, 15) is 4.79 Å². The smallest absolute Gasteiger partial charge is 0.248 e. The van der Waals surface area contributed by atoms with Crippen LogP contribution in [0.15, 0.2) is 72.9 Å². The van der Waals surface area contributed by atoms with Crippen molar-refractivity contribution in [1.29, 1.82) is 0 Å². The number of fused-ring (bicyclic) bond motifs is 1. The number of hydrogen-bond donors (Lipinski definition) is 1. The second-order valence-electron chi connectivity index (χ2n) is 5.13. The topological polar surface area (TPSA) is 33.0 Å². The van der Waals surface area contributed by atoms with Gasteiger partial charge in [-0.2, -0.15) is 0 Å². The van der Waals surface area contributed by atoms with E-state index in [1.165, 1.54) is 5.39 Å². The van der Waals surface area contributed by atoms with Gasteiger partial charge in [-0.25, -0.2) is 4.57 Å². The number of nitrogens with zero attached hydrogens (tertiary/aromatic N) is 1. The predicted octanol–water partition coefficient (Wildman–Crippen LogP) is 3.32. The van der Waals surface area contributed by atoms with Crippen LogP contribution in [0.25, 0.3) is 16.8 Å². The first-order valence-corrected chi connectivity index (χ1v) is 7.15. The van der Waals surface area contributed by atoms with Crippen LogP contribution in [0, 0.1) is 0 Å². The molecule has 0 fully saturated rings. The van der Waals surface area contributed by atoms with Gasteiger partial charge in [-0.15, -0.1) is 0 Å². The zero-order valence-electron chi connectivity index (χ0n) is 12.4. The molecule has 1 heterocycles. The maximum Gasteiger partial charge on any atom is 0.248 e. The van der Waals surface area contributed by atoms with Crippen LogP contribution >= 0.6 is 0 Å². The molecule has 1 amide bonds. The zero-order valence-corrected chi connectivity index (χ0v) is 12.4. The van der Waals surface area contributed by atoms with E-state index in [1.54, 1.807) is 6.08 Å². The second kappa shape index (κ2) is 6.22. The standard InChI is InChI=1S/C19H16N2O/c1-21-14-16-8-6-5-7-15(16)13-18(21)11-12-19(22)20-17-9-3-2-4-10-17/h2-14H,1H3/p+1. The van der Waals surface area contributed by atoms with Crippen LogP contribution in [0.5, 0.6) is 0 Å². The highest BCUT2D eigenvalue weighted by molar-refractivity contribution is 6.01. The number of carbonyl (C=O) groups is 1. The maximum absolute atomic E-state index is 12.0. The number of amides is 1. The van der Waals surface area contributed by atoms with E-state index in [0.717, 1.165) is 16.8 Å². The number of pyridine rings is 1. The molecule has 108 valence electrons. The Morgan fingerprint density at radius 3 is 2.45 bits per heavy atom. The molecule has 3 aromatic rings. The Bertz CT molecular complexity index is 838. The molecular weight excluding hydrogens is 272 g/mol. The van der Waals surface area contributed by atoms with Crippen molar-refractivity contribution in [2.45, 2.75) is 0 Å². The lowest BCUT2D eigenvalue weighted by molar-refractivity contribution is -0.671. The van der Waals surface area contributed by atoms with Crippen molar-refractivity contribution < 1.29 is 9.36 Å². The summed E-state index contributed by atoms with van der Waals surface area (Å²) in [4.78, 5) is 12.0. The molecular formula is C19H17N2O+. The van der Waals surface area contributed by atoms with Gasteiger partial charge in [0, 0.05) is 29.3 Å². The van der Waals surface area contributed by atoms with Gasteiger partial charge in [-0.05, 0) is 23.6 Å². The highest BCUT2D eigenvalue weighted by Gasteiger charge is 2.06. The maximum atomic E-state index is 12.0. The van der Waals surface area contributed by atoms with E-state index in [0.29, 0.717) is 0 Å². The molecule has 3 nitrogen and oxygen atoms in total. The van der Waals surface area contributed by atoms with Gasteiger partial charge in [0.15, 0.2) is 6.20 Å². The Morgan fingerprint density at radius 2 is 1.68 bits per heavy atom. The molecule has 1 aromatic heterocycles.